The van der Waals surface area contributed by atoms with Crippen molar-refractivity contribution >= 4 is 11.9 Å². The van der Waals surface area contributed by atoms with Crippen molar-refractivity contribution < 1.29 is 9.53 Å². The smallest absolute Gasteiger partial charge is 0.245 e. The van der Waals surface area contributed by atoms with E-state index in [1.807, 2.05) is 6.92 Å². The SMILES string of the molecule is CC(Nc1ncccn1)C(=O)N1CCOCC1. The van der Waals surface area contributed by atoms with Gasteiger partial charge < -0.3 is 15.0 Å². The minimum atomic E-state index is -0.324. The predicted molar refractivity (Wildman–Crippen MR) is 62.5 cm³/mol. The van der Waals surface area contributed by atoms with Crippen LogP contribution in [0.4, 0.5) is 5.95 Å². The second kappa shape index (κ2) is 5.58. The Balaban J connectivity index is 1.90. The number of amides is 1. The van der Waals surface area contributed by atoms with Crippen molar-refractivity contribution in [1.29, 1.82) is 0 Å². The Morgan fingerprint density at radius 3 is 2.71 bits per heavy atom. The zero-order valence-electron chi connectivity index (χ0n) is 9.80. The highest BCUT2D eigenvalue weighted by atomic mass is 16.5. The number of aromatic nitrogens is 2. The molecule has 1 saturated heterocycles. The van der Waals surface area contributed by atoms with E-state index in [2.05, 4.69) is 15.3 Å². The van der Waals surface area contributed by atoms with Crippen molar-refractivity contribution in [2.45, 2.75) is 13.0 Å². The molecule has 1 atom stereocenters. The predicted octanol–water partition coefficient (Wildman–Crippen LogP) is 0.136. The van der Waals surface area contributed by atoms with Gasteiger partial charge in [-0.3, -0.25) is 4.79 Å². The van der Waals surface area contributed by atoms with Gasteiger partial charge in [0, 0.05) is 25.5 Å². The van der Waals surface area contributed by atoms with Gasteiger partial charge in [-0.1, -0.05) is 0 Å². The van der Waals surface area contributed by atoms with Gasteiger partial charge in [0.2, 0.25) is 11.9 Å². The Morgan fingerprint density at radius 1 is 1.41 bits per heavy atom. The molecule has 1 N–H and O–H groups in total. The molecule has 0 spiro atoms. The fourth-order valence-electron chi connectivity index (χ4n) is 1.69. The Kier molecular flexibility index (Phi) is 3.87. The fourth-order valence-corrected chi connectivity index (χ4v) is 1.69. The molecule has 1 aromatic rings. The maximum Gasteiger partial charge on any atom is 0.245 e. The zero-order valence-corrected chi connectivity index (χ0v) is 9.80. The molecule has 1 amide bonds. The van der Waals surface area contributed by atoms with Crippen LogP contribution in [0.15, 0.2) is 18.5 Å². The molecule has 0 saturated carbocycles. The summed E-state index contributed by atoms with van der Waals surface area (Å²) >= 11 is 0. The minimum Gasteiger partial charge on any atom is -0.378 e. The van der Waals surface area contributed by atoms with E-state index in [0.29, 0.717) is 32.3 Å². The number of nitrogens with zero attached hydrogens (tertiary/aromatic N) is 3. The second-order valence-electron chi connectivity index (χ2n) is 3.88. The zero-order chi connectivity index (χ0) is 12.1. The number of rotatable bonds is 3. The number of morpholine rings is 1. The average molecular weight is 236 g/mol. The van der Waals surface area contributed by atoms with E-state index in [1.54, 1.807) is 23.4 Å². The molecule has 1 unspecified atom stereocenters. The normalized spacial score (nSPS) is 17.6. The van der Waals surface area contributed by atoms with Crippen molar-refractivity contribution in [1.82, 2.24) is 14.9 Å². The van der Waals surface area contributed by atoms with Crippen LogP contribution in [-0.2, 0) is 9.53 Å². The number of anilines is 1. The van der Waals surface area contributed by atoms with Crippen LogP contribution in [0.1, 0.15) is 6.92 Å². The maximum atomic E-state index is 12.1. The lowest BCUT2D eigenvalue weighted by atomic mass is 10.2. The molecule has 1 aliphatic rings. The number of ether oxygens (including phenoxy) is 1. The standard InChI is InChI=1S/C11H16N4O2/c1-9(14-11-12-3-2-4-13-11)10(16)15-5-7-17-8-6-15/h2-4,9H,5-8H2,1H3,(H,12,13,14). The molecule has 6 heteroatoms. The molecule has 0 aromatic carbocycles. The summed E-state index contributed by atoms with van der Waals surface area (Å²) in [6.45, 7) is 4.34. The van der Waals surface area contributed by atoms with Gasteiger partial charge in [-0.05, 0) is 13.0 Å². The number of hydrogen-bond donors (Lipinski definition) is 1. The Bertz CT molecular complexity index is 365. The van der Waals surface area contributed by atoms with Crippen molar-refractivity contribution in [2.24, 2.45) is 0 Å². The van der Waals surface area contributed by atoms with Crippen molar-refractivity contribution in [3.05, 3.63) is 18.5 Å². The van der Waals surface area contributed by atoms with Crippen LogP contribution in [0, 0.1) is 0 Å². The van der Waals surface area contributed by atoms with Gasteiger partial charge in [-0.2, -0.15) is 0 Å². The Morgan fingerprint density at radius 2 is 2.06 bits per heavy atom. The molecule has 1 aromatic heterocycles. The Labute approximate surface area is 100 Å². The highest BCUT2D eigenvalue weighted by molar-refractivity contribution is 5.83. The number of carbonyl (C=O) groups excluding carboxylic acids is 1. The molecule has 1 fully saturated rings. The number of nitrogens with one attached hydrogen (secondary N) is 1. The third kappa shape index (κ3) is 3.13. The topological polar surface area (TPSA) is 67.4 Å². The van der Waals surface area contributed by atoms with E-state index in [4.69, 9.17) is 4.74 Å². The third-order valence-corrected chi connectivity index (χ3v) is 2.60. The van der Waals surface area contributed by atoms with Crippen LogP contribution < -0.4 is 5.32 Å². The monoisotopic (exact) mass is 236 g/mol. The quantitative estimate of drug-likeness (QED) is 0.808. The van der Waals surface area contributed by atoms with Crippen LogP contribution in [0.3, 0.4) is 0 Å². The molecule has 92 valence electrons. The summed E-state index contributed by atoms with van der Waals surface area (Å²) in [6.07, 6.45) is 3.28. The molecule has 2 heterocycles. The second-order valence-corrected chi connectivity index (χ2v) is 3.88. The van der Waals surface area contributed by atoms with Crippen LogP contribution >= 0.6 is 0 Å². The van der Waals surface area contributed by atoms with E-state index in [-0.39, 0.29) is 11.9 Å². The lowest BCUT2D eigenvalue weighted by Crippen LogP contribution is -2.47. The van der Waals surface area contributed by atoms with Gasteiger partial charge in [0.25, 0.3) is 0 Å². The van der Waals surface area contributed by atoms with Gasteiger partial charge in [0.15, 0.2) is 0 Å². The summed E-state index contributed by atoms with van der Waals surface area (Å²) in [7, 11) is 0. The molecule has 0 radical (unpaired) electrons. The molecular weight excluding hydrogens is 220 g/mol. The van der Waals surface area contributed by atoms with Crippen LogP contribution in [-0.4, -0.2) is 53.1 Å². The number of carbonyl (C=O) groups is 1. The highest BCUT2D eigenvalue weighted by Crippen LogP contribution is 2.04. The first-order chi connectivity index (χ1) is 8.27. The molecule has 2 rings (SSSR count). The largest absolute Gasteiger partial charge is 0.378 e. The first kappa shape index (κ1) is 11.8. The lowest BCUT2D eigenvalue weighted by Gasteiger charge is -2.29. The van der Waals surface area contributed by atoms with Crippen LogP contribution in [0.2, 0.25) is 0 Å². The van der Waals surface area contributed by atoms with E-state index in [1.165, 1.54) is 0 Å². The van der Waals surface area contributed by atoms with Crippen LogP contribution in [0.25, 0.3) is 0 Å². The van der Waals surface area contributed by atoms with E-state index in [9.17, 15) is 4.79 Å². The van der Waals surface area contributed by atoms with Crippen molar-refractivity contribution in [3.63, 3.8) is 0 Å². The van der Waals surface area contributed by atoms with E-state index in [0.717, 1.165) is 0 Å². The highest BCUT2D eigenvalue weighted by Gasteiger charge is 2.22. The van der Waals surface area contributed by atoms with Gasteiger partial charge in [0.05, 0.1) is 13.2 Å². The van der Waals surface area contributed by atoms with Crippen LogP contribution in [0.5, 0.6) is 0 Å². The molecule has 1 aliphatic heterocycles. The number of hydrogen-bond acceptors (Lipinski definition) is 5. The van der Waals surface area contributed by atoms with Gasteiger partial charge >= 0.3 is 0 Å². The summed E-state index contributed by atoms with van der Waals surface area (Å²) in [6, 6.07) is 1.41. The first-order valence-electron chi connectivity index (χ1n) is 5.67. The van der Waals surface area contributed by atoms with Gasteiger partial charge in [-0.15, -0.1) is 0 Å². The molecule has 17 heavy (non-hydrogen) atoms. The van der Waals surface area contributed by atoms with E-state index >= 15 is 0 Å². The molecule has 0 aliphatic carbocycles. The molecule has 0 bridgehead atoms. The van der Waals surface area contributed by atoms with Crippen molar-refractivity contribution in [3.8, 4) is 0 Å². The van der Waals surface area contributed by atoms with Gasteiger partial charge in [-0.25, -0.2) is 9.97 Å². The summed E-state index contributed by atoms with van der Waals surface area (Å²) in [4.78, 5) is 21.9. The summed E-state index contributed by atoms with van der Waals surface area (Å²) in [5.74, 6) is 0.530. The summed E-state index contributed by atoms with van der Waals surface area (Å²) in [5.41, 5.74) is 0. The maximum absolute atomic E-state index is 12.1. The van der Waals surface area contributed by atoms with E-state index < -0.39 is 0 Å². The first-order valence-corrected chi connectivity index (χ1v) is 5.67. The summed E-state index contributed by atoms with van der Waals surface area (Å²) in [5, 5.41) is 2.98. The average Bonchev–Trinajstić information content (AvgIpc) is 2.40. The minimum absolute atomic E-state index is 0.0563. The fraction of sp³-hybridized carbons (Fsp3) is 0.545. The molecule has 6 nitrogen and oxygen atoms in total. The Hall–Kier alpha value is -1.69. The third-order valence-electron chi connectivity index (χ3n) is 2.60. The lowest BCUT2D eigenvalue weighted by molar-refractivity contribution is -0.135. The summed E-state index contributed by atoms with van der Waals surface area (Å²) < 4.78 is 5.21. The van der Waals surface area contributed by atoms with Crippen molar-refractivity contribution in [2.75, 3.05) is 31.6 Å². The van der Waals surface area contributed by atoms with Gasteiger partial charge in [0.1, 0.15) is 6.04 Å². The molecular formula is C11H16N4O2.